The van der Waals surface area contributed by atoms with E-state index >= 15 is 0 Å². The van der Waals surface area contributed by atoms with Gasteiger partial charge >= 0.3 is 5.97 Å². The molecule has 5 nitrogen and oxygen atoms in total. The van der Waals surface area contributed by atoms with Gasteiger partial charge in [0, 0.05) is 5.69 Å². The van der Waals surface area contributed by atoms with Gasteiger partial charge in [-0.25, -0.2) is 9.18 Å². The molecule has 0 fully saturated rings. The third-order valence-electron chi connectivity index (χ3n) is 2.94. The third kappa shape index (κ3) is 4.70. The predicted molar refractivity (Wildman–Crippen MR) is 87.9 cm³/mol. The molecule has 0 aromatic heterocycles. The molecule has 2 aromatic carbocycles. The highest BCUT2D eigenvalue weighted by Gasteiger charge is 2.15. The predicted octanol–water partition coefficient (Wildman–Crippen LogP) is 3.67. The van der Waals surface area contributed by atoms with Gasteiger partial charge < -0.3 is 14.8 Å². The Morgan fingerprint density at radius 2 is 1.96 bits per heavy atom. The molecule has 2 aromatic rings. The van der Waals surface area contributed by atoms with E-state index < -0.39 is 24.3 Å². The zero-order valence-corrected chi connectivity index (χ0v) is 13.6. The van der Waals surface area contributed by atoms with E-state index in [1.807, 2.05) is 0 Å². The summed E-state index contributed by atoms with van der Waals surface area (Å²) in [5.74, 6) is -1.45. The van der Waals surface area contributed by atoms with Gasteiger partial charge in [-0.15, -0.1) is 0 Å². The number of nitrogens with one attached hydrogen (secondary N) is 1. The molecule has 0 heterocycles. The van der Waals surface area contributed by atoms with Crippen molar-refractivity contribution < 1.29 is 23.5 Å². The number of rotatable bonds is 6. The van der Waals surface area contributed by atoms with E-state index in [9.17, 15) is 14.0 Å². The molecule has 0 aliphatic heterocycles. The zero-order chi connectivity index (χ0) is 17.5. The van der Waals surface area contributed by atoms with Gasteiger partial charge in [0.25, 0.3) is 5.91 Å². The molecule has 1 N–H and O–H groups in total. The van der Waals surface area contributed by atoms with E-state index in [-0.39, 0.29) is 10.6 Å². The monoisotopic (exact) mass is 351 g/mol. The van der Waals surface area contributed by atoms with E-state index in [1.54, 1.807) is 31.2 Å². The van der Waals surface area contributed by atoms with E-state index in [2.05, 4.69) is 5.32 Å². The fourth-order valence-corrected chi connectivity index (χ4v) is 2.08. The van der Waals surface area contributed by atoms with Crippen LogP contribution in [0.25, 0.3) is 0 Å². The summed E-state index contributed by atoms with van der Waals surface area (Å²) in [6.07, 6.45) is 0. The van der Waals surface area contributed by atoms with Crippen LogP contribution in [0.2, 0.25) is 5.02 Å². The molecule has 1 amide bonds. The fourth-order valence-electron chi connectivity index (χ4n) is 1.90. The lowest BCUT2D eigenvalue weighted by Crippen LogP contribution is -2.21. The summed E-state index contributed by atoms with van der Waals surface area (Å²) >= 11 is 5.63. The molecule has 0 saturated heterocycles. The first-order valence-electron chi connectivity index (χ1n) is 7.15. The van der Waals surface area contributed by atoms with Crippen LogP contribution in [0.15, 0.2) is 42.5 Å². The summed E-state index contributed by atoms with van der Waals surface area (Å²) in [6.45, 7) is 1.70. The Morgan fingerprint density at radius 3 is 2.67 bits per heavy atom. The minimum Gasteiger partial charge on any atom is -0.493 e. The number of halogens is 2. The van der Waals surface area contributed by atoms with Crippen molar-refractivity contribution >= 4 is 29.2 Å². The van der Waals surface area contributed by atoms with Crippen LogP contribution in [-0.2, 0) is 9.53 Å². The molecule has 0 unspecified atom stereocenters. The number of carbonyl (C=O) groups is 2. The molecule has 0 radical (unpaired) electrons. The second kappa shape index (κ2) is 8.31. The molecule has 7 heteroatoms. The van der Waals surface area contributed by atoms with Crippen LogP contribution in [0.5, 0.6) is 5.75 Å². The van der Waals surface area contributed by atoms with Gasteiger partial charge in [0.2, 0.25) is 0 Å². The SMILES string of the molecule is CCOc1ccccc1C(=O)OCC(=O)Nc1ccc(F)c(Cl)c1. The Kier molecular flexibility index (Phi) is 6.14. The number of benzene rings is 2. The molecule has 0 aliphatic carbocycles. The van der Waals surface area contributed by atoms with Gasteiger partial charge in [-0.1, -0.05) is 23.7 Å². The summed E-state index contributed by atoms with van der Waals surface area (Å²) in [5, 5.41) is 2.34. The largest absolute Gasteiger partial charge is 0.493 e. The molecule has 2 rings (SSSR count). The number of hydrogen-bond acceptors (Lipinski definition) is 4. The summed E-state index contributed by atoms with van der Waals surface area (Å²) in [6, 6.07) is 10.3. The van der Waals surface area contributed by atoms with Crippen molar-refractivity contribution in [2.75, 3.05) is 18.5 Å². The van der Waals surface area contributed by atoms with Crippen molar-refractivity contribution in [3.05, 3.63) is 58.9 Å². The maximum Gasteiger partial charge on any atom is 0.342 e. The molecular formula is C17H15ClFNO4. The number of hydrogen-bond donors (Lipinski definition) is 1. The second-order valence-electron chi connectivity index (χ2n) is 4.68. The minimum absolute atomic E-state index is 0.115. The number of anilines is 1. The topological polar surface area (TPSA) is 64.6 Å². The Balaban J connectivity index is 1.94. The van der Waals surface area contributed by atoms with Crippen molar-refractivity contribution in [2.45, 2.75) is 6.92 Å². The summed E-state index contributed by atoms with van der Waals surface area (Å²) in [7, 11) is 0. The van der Waals surface area contributed by atoms with E-state index in [1.165, 1.54) is 12.1 Å². The van der Waals surface area contributed by atoms with E-state index in [4.69, 9.17) is 21.1 Å². The van der Waals surface area contributed by atoms with Crippen LogP contribution in [0.1, 0.15) is 17.3 Å². The van der Waals surface area contributed by atoms with Gasteiger partial charge in [0.15, 0.2) is 6.61 Å². The summed E-state index contributed by atoms with van der Waals surface area (Å²) in [4.78, 5) is 23.8. The third-order valence-corrected chi connectivity index (χ3v) is 3.23. The molecule has 126 valence electrons. The quantitative estimate of drug-likeness (QED) is 0.806. The molecule has 0 spiro atoms. The Bertz CT molecular complexity index is 751. The van der Waals surface area contributed by atoms with E-state index in [0.717, 1.165) is 6.07 Å². The van der Waals surface area contributed by atoms with Crippen molar-refractivity contribution in [1.82, 2.24) is 0 Å². The van der Waals surface area contributed by atoms with E-state index in [0.29, 0.717) is 18.0 Å². The molecular weight excluding hydrogens is 337 g/mol. The summed E-state index contributed by atoms with van der Waals surface area (Å²) in [5.41, 5.74) is 0.536. The number of para-hydroxylation sites is 1. The number of esters is 1. The normalized spacial score (nSPS) is 10.1. The highest BCUT2D eigenvalue weighted by molar-refractivity contribution is 6.31. The second-order valence-corrected chi connectivity index (χ2v) is 5.09. The average Bonchev–Trinajstić information content (AvgIpc) is 2.57. The van der Waals surface area contributed by atoms with Crippen molar-refractivity contribution in [3.8, 4) is 5.75 Å². The van der Waals surface area contributed by atoms with Gasteiger partial charge in [0.05, 0.1) is 11.6 Å². The van der Waals surface area contributed by atoms with Crippen molar-refractivity contribution in [1.29, 1.82) is 0 Å². The smallest absolute Gasteiger partial charge is 0.342 e. The lowest BCUT2D eigenvalue weighted by Gasteiger charge is -2.10. The van der Waals surface area contributed by atoms with Crippen LogP contribution in [0.3, 0.4) is 0 Å². The first-order chi connectivity index (χ1) is 11.5. The fraction of sp³-hybridized carbons (Fsp3) is 0.176. The highest BCUT2D eigenvalue weighted by atomic mass is 35.5. The number of carbonyl (C=O) groups excluding carboxylic acids is 2. The van der Waals surface area contributed by atoms with Crippen LogP contribution in [-0.4, -0.2) is 25.1 Å². The maximum absolute atomic E-state index is 13.1. The van der Waals surface area contributed by atoms with Crippen molar-refractivity contribution in [2.24, 2.45) is 0 Å². The number of amides is 1. The first kappa shape index (κ1) is 17.7. The van der Waals surface area contributed by atoms with Gasteiger partial charge in [-0.05, 0) is 37.3 Å². The van der Waals surface area contributed by atoms with Crippen LogP contribution >= 0.6 is 11.6 Å². The standard InChI is InChI=1S/C17H15ClFNO4/c1-2-23-15-6-4-3-5-12(15)17(22)24-10-16(21)20-11-7-8-14(19)13(18)9-11/h3-9H,2,10H2,1H3,(H,20,21). The minimum atomic E-state index is -0.675. The Labute approximate surface area is 143 Å². The van der Waals surface area contributed by atoms with Crippen LogP contribution < -0.4 is 10.1 Å². The van der Waals surface area contributed by atoms with Crippen molar-refractivity contribution in [3.63, 3.8) is 0 Å². The highest BCUT2D eigenvalue weighted by Crippen LogP contribution is 2.20. The Morgan fingerprint density at radius 1 is 1.21 bits per heavy atom. The summed E-state index contributed by atoms with van der Waals surface area (Å²) < 4.78 is 23.4. The molecule has 0 saturated carbocycles. The molecule has 0 bridgehead atoms. The lowest BCUT2D eigenvalue weighted by atomic mass is 10.2. The van der Waals surface area contributed by atoms with Crippen LogP contribution in [0, 0.1) is 5.82 Å². The first-order valence-corrected chi connectivity index (χ1v) is 7.53. The van der Waals surface area contributed by atoms with Gasteiger partial charge in [-0.3, -0.25) is 4.79 Å². The average molecular weight is 352 g/mol. The molecule has 24 heavy (non-hydrogen) atoms. The maximum atomic E-state index is 13.1. The molecule has 0 atom stereocenters. The molecule has 0 aliphatic rings. The van der Waals surface area contributed by atoms with Crippen LogP contribution in [0.4, 0.5) is 10.1 Å². The van der Waals surface area contributed by atoms with Gasteiger partial charge in [0.1, 0.15) is 17.1 Å². The lowest BCUT2D eigenvalue weighted by molar-refractivity contribution is -0.119. The number of ether oxygens (including phenoxy) is 2. The zero-order valence-electron chi connectivity index (χ0n) is 12.8. The van der Waals surface area contributed by atoms with Gasteiger partial charge in [-0.2, -0.15) is 0 Å². The Hall–Kier alpha value is -2.60.